The minimum atomic E-state index is -4.51. The van der Waals surface area contributed by atoms with E-state index in [4.69, 9.17) is 14.2 Å². The maximum Gasteiger partial charge on any atom is 0.348 e. The van der Waals surface area contributed by atoms with E-state index >= 15 is 0 Å². The van der Waals surface area contributed by atoms with Gasteiger partial charge in [0.1, 0.15) is 27.7 Å². The zero-order valence-electron chi connectivity index (χ0n) is 17.5. The number of carbonyl (C=O) groups excluding carboxylic acids is 3. The fraction of sp³-hybridized carbons (Fsp3) is 0.0455. The molecular weight excluding hydrogens is 821 g/mol. The number of halogens is 3. The van der Waals surface area contributed by atoms with E-state index in [9.17, 15) is 27.4 Å². The summed E-state index contributed by atoms with van der Waals surface area (Å²) in [6.45, 7) is 1.13. The molecule has 0 atom stereocenters. The highest BCUT2D eigenvalue weighted by molar-refractivity contribution is 14.1. The molecule has 0 spiro atoms. The van der Waals surface area contributed by atoms with Gasteiger partial charge in [-0.05, 0) is 116 Å². The van der Waals surface area contributed by atoms with Crippen molar-refractivity contribution in [3.8, 4) is 17.2 Å². The van der Waals surface area contributed by atoms with Crippen LogP contribution in [0.2, 0.25) is 0 Å². The van der Waals surface area contributed by atoms with Crippen LogP contribution in [0, 0.1) is 10.7 Å². The molecule has 35 heavy (non-hydrogen) atoms. The third kappa shape index (κ3) is 7.11. The zero-order valence-corrected chi connectivity index (χ0v) is 24.7. The summed E-state index contributed by atoms with van der Waals surface area (Å²) in [6.07, 6.45) is 0. The monoisotopic (exact) mass is 834 g/mol. The predicted octanol–water partition coefficient (Wildman–Crippen LogP) is 5.11. The first-order chi connectivity index (χ1) is 16.4. The van der Waals surface area contributed by atoms with Crippen LogP contribution in [-0.4, -0.2) is 30.9 Å². The van der Waals surface area contributed by atoms with Gasteiger partial charge in [-0.1, -0.05) is 6.07 Å². The number of esters is 3. The maximum atomic E-state index is 13.1. The SMILES string of the molecule is CC(=O)Oc1cccc(C(=O)Oc2ccc(I)cc2)c1C(=O)Oc1cc(I)c(S(=O)(=O)O)c(I)c1. The average molecular weight is 834 g/mol. The highest BCUT2D eigenvalue weighted by Crippen LogP contribution is 2.31. The average Bonchev–Trinajstić information content (AvgIpc) is 2.73. The Balaban J connectivity index is 2.02. The van der Waals surface area contributed by atoms with Crippen LogP contribution in [0.4, 0.5) is 0 Å². The lowest BCUT2D eigenvalue weighted by Gasteiger charge is -2.14. The van der Waals surface area contributed by atoms with Crippen LogP contribution in [0.25, 0.3) is 0 Å². The molecule has 13 heteroatoms. The molecule has 182 valence electrons. The number of hydrogen-bond donors (Lipinski definition) is 1. The lowest BCUT2D eigenvalue weighted by molar-refractivity contribution is -0.131. The molecular formula is C22H13I3O9S. The maximum absolute atomic E-state index is 13.1. The van der Waals surface area contributed by atoms with Gasteiger partial charge in [-0.25, -0.2) is 9.59 Å². The lowest BCUT2D eigenvalue weighted by Crippen LogP contribution is -2.20. The third-order valence-electron chi connectivity index (χ3n) is 4.17. The van der Waals surface area contributed by atoms with Crippen molar-refractivity contribution >= 4 is 95.8 Å². The van der Waals surface area contributed by atoms with Crippen molar-refractivity contribution in [2.45, 2.75) is 11.8 Å². The standard InChI is InChI=1S/C22H13I3O9S/c1-11(26)32-18-4-2-3-15(21(27)33-13-7-5-12(23)6-8-13)19(18)22(28)34-14-9-16(24)20(17(25)10-14)35(29,30)31/h2-10H,1H3,(H,29,30,31). The Morgan fingerprint density at radius 2 is 1.37 bits per heavy atom. The summed E-state index contributed by atoms with van der Waals surface area (Å²) >= 11 is 5.44. The number of hydrogen-bond acceptors (Lipinski definition) is 8. The number of rotatable bonds is 6. The molecule has 0 fully saturated rings. The summed E-state index contributed by atoms with van der Waals surface area (Å²) in [5, 5.41) is 0. The van der Waals surface area contributed by atoms with Crippen LogP contribution in [0.3, 0.4) is 0 Å². The van der Waals surface area contributed by atoms with E-state index in [0.717, 1.165) is 10.5 Å². The van der Waals surface area contributed by atoms with Gasteiger partial charge in [0.25, 0.3) is 10.1 Å². The Morgan fingerprint density at radius 3 is 1.91 bits per heavy atom. The third-order valence-corrected chi connectivity index (χ3v) is 8.28. The van der Waals surface area contributed by atoms with E-state index in [1.165, 1.54) is 30.3 Å². The van der Waals surface area contributed by atoms with E-state index in [1.54, 1.807) is 69.4 Å². The van der Waals surface area contributed by atoms with Crippen LogP contribution >= 0.6 is 67.8 Å². The number of ether oxygens (including phenoxy) is 3. The summed E-state index contributed by atoms with van der Waals surface area (Å²) in [6, 6.07) is 13.1. The van der Waals surface area contributed by atoms with Gasteiger partial charge < -0.3 is 14.2 Å². The molecule has 0 aromatic heterocycles. The van der Waals surface area contributed by atoms with Crippen molar-refractivity contribution in [1.82, 2.24) is 0 Å². The van der Waals surface area contributed by atoms with Crippen molar-refractivity contribution in [2.24, 2.45) is 0 Å². The molecule has 0 aliphatic heterocycles. The zero-order chi connectivity index (χ0) is 25.9. The topological polar surface area (TPSA) is 133 Å². The van der Waals surface area contributed by atoms with E-state index in [-0.39, 0.29) is 40.4 Å². The Morgan fingerprint density at radius 1 is 0.800 bits per heavy atom. The van der Waals surface area contributed by atoms with E-state index < -0.39 is 28.0 Å². The van der Waals surface area contributed by atoms with Crippen molar-refractivity contribution in [3.05, 3.63) is 76.4 Å². The molecule has 0 heterocycles. The summed E-state index contributed by atoms with van der Waals surface area (Å²) in [4.78, 5) is 37.3. The molecule has 0 unspecified atom stereocenters. The van der Waals surface area contributed by atoms with E-state index in [2.05, 4.69) is 22.6 Å². The second-order valence-corrected chi connectivity index (χ2v) is 11.6. The van der Waals surface area contributed by atoms with Gasteiger partial charge in [-0.2, -0.15) is 8.42 Å². The quantitative estimate of drug-likeness (QED) is 0.156. The summed E-state index contributed by atoms with van der Waals surface area (Å²) < 4.78 is 49.6. The molecule has 0 saturated heterocycles. The summed E-state index contributed by atoms with van der Waals surface area (Å²) in [5.41, 5.74) is -0.576. The first kappa shape index (κ1) is 27.8. The molecule has 9 nitrogen and oxygen atoms in total. The van der Waals surface area contributed by atoms with Crippen molar-refractivity contribution in [2.75, 3.05) is 0 Å². The molecule has 0 bridgehead atoms. The fourth-order valence-electron chi connectivity index (χ4n) is 2.82. The fourth-order valence-corrected chi connectivity index (χ4v) is 7.17. The summed E-state index contributed by atoms with van der Waals surface area (Å²) in [5.74, 6) is -2.73. The van der Waals surface area contributed by atoms with Crippen molar-refractivity contribution < 1.29 is 41.6 Å². The molecule has 0 radical (unpaired) electrons. The first-order valence-electron chi connectivity index (χ1n) is 9.34. The predicted molar refractivity (Wildman–Crippen MR) is 149 cm³/mol. The van der Waals surface area contributed by atoms with Gasteiger partial charge in [0.05, 0.1) is 5.56 Å². The molecule has 3 aromatic carbocycles. The Labute approximate surface area is 240 Å². The van der Waals surface area contributed by atoms with Gasteiger partial charge >= 0.3 is 17.9 Å². The number of benzene rings is 3. The molecule has 0 saturated carbocycles. The van der Waals surface area contributed by atoms with Crippen LogP contribution < -0.4 is 14.2 Å². The number of carbonyl (C=O) groups is 3. The van der Waals surface area contributed by atoms with E-state index in [1.807, 2.05) is 0 Å². The van der Waals surface area contributed by atoms with Crippen molar-refractivity contribution in [3.63, 3.8) is 0 Å². The van der Waals surface area contributed by atoms with Gasteiger partial charge in [0.2, 0.25) is 0 Å². The Bertz CT molecular complexity index is 1410. The molecule has 3 aromatic rings. The smallest absolute Gasteiger partial charge is 0.348 e. The molecule has 3 rings (SSSR count). The van der Waals surface area contributed by atoms with Crippen LogP contribution in [0.1, 0.15) is 27.6 Å². The first-order valence-corrected chi connectivity index (χ1v) is 14.0. The highest BCUT2D eigenvalue weighted by Gasteiger charge is 2.27. The second kappa shape index (κ2) is 11.5. The van der Waals surface area contributed by atoms with Crippen LogP contribution in [0.5, 0.6) is 17.2 Å². The Kier molecular flexibility index (Phi) is 9.11. The summed E-state index contributed by atoms with van der Waals surface area (Å²) in [7, 11) is -4.51. The Hall–Kier alpha value is -1.83. The molecule has 0 amide bonds. The van der Waals surface area contributed by atoms with Crippen LogP contribution in [0.15, 0.2) is 59.5 Å². The molecule has 1 N–H and O–H groups in total. The second-order valence-electron chi connectivity index (χ2n) is 6.70. The van der Waals surface area contributed by atoms with Gasteiger partial charge in [0, 0.05) is 17.6 Å². The van der Waals surface area contributed by atoms with Crippen molar-refractivity contribution in [1.29, 1.82) is 0 Å². The minimum absolute atomic E-state index is 0.0641. The van der Waals surface area contributed by atoms with Gasteiger partial charge in [-0.15, -0.1) is 0 Å². The van der Waals surface area contributed by atoms with Gasteiger partial charge in [0.15, 0.2) is 0 Å². The molecule has 0 aliphatic carbocycles. The minimum Gasteiger partial charge on any atom is -0.426 e. The van der Waals surface area contributed by atoms with Gasteiger partial charge in [-0.3, -0.25) is 9.35 Å². The van der Waals surface area contributed by atoms with Crippen LogP contribution in [-0.2, 0) is 14.9 Å². The highest BCUT2D eigenvalue weighted by atomic mass is 127. The molecule has 0 aliphatic rings. The normalized spacial score (nSPS) is 11.0. The van der Waals surface area contributed by atoms with E-state index in [0.29, 0.717) is 0 Å². The lowest BCUT2D eigenvalue weighted by atomic mass is 10.1. The largest absolute Gasteiger partial charge is 0.426 e.